The Morgan fingerprint density at radius 1 is 0.951 bits per heavy atom. The van der Waals surface area contributed by atoms with E-state index in [1.807, 2.05) is 35.9 Å². The first-order valence-electron chi connectivity index (χ1n) is 31.5. The molecule has 4 unspecified atom stereocenters. The molecule has 5 aliphatic heterocycles. The molecule has 82 heavy (non-hydrogen) atoms. The van der Waals surface area contributed by atoms with Gasteiger partial charge in [-0.25, -0.2) is 10.4 Å². The molecule has 3 saturated carbocycles. The van der Waals surface area contributed by atoms with E-state index < -0.39 is 18.8 Å². The number of alkyl halides is 3. The monoisotopic (exact) mass is 1150 g/mol. The fourth-order valence-corrected chi connectivity index (χ4v) is 15.7. The lowest BCUT2D eigenvalue weighted by molar-refractivity contribution is -0.139. The highest BCUT2D eigenvalue weighted by Gasteiger charge is 2.54. The van der Waals surface area contributed by atoms with E-state index in [4.69, 9.17) is 9.97 Å². The first-order chi connectivity index (χ1) is 39.4. The van der Waals surface area contributed by atoms with Crippen LogP contribution in [0.1, 0.15) is 140 Å². The van der Waals surface area contributed by atoms with Crippen molar-refractivity contribution in [2.24, 2.45) is 22.7 Å². The maximum atomic E-state index is 14.8. The molecule has 12 nitrogen and oxygen atoms in total. The molecule has 1 aromatic carbocycles. The molecule has 446 valence electrons. The van der Waals surface area contributed by atoms with Gasteiger partial charge in [-0.1, -0.05) is 65.3 Å². The van der Waals surface area contributed by atoms with Gasteiger partial charge in [0, 0.05) is 122 Å². The molecule has 3 aromatic heterocycles. The first-order valence-corrected chi connectivity index (χ1v) is 32.4. The Bertz CT molecular complexity index is 2890. The number of benzene rings is 1. The van der Waals surface area contributed by atoms with Crippen molar-refractivity contribution in [2.45, 2.75) is 179 Å². The predicted molar refractivity (Wildman–Crippen MR) is 329 cm³/mol. The molecule has 4 aromatic rings. The summed E-state index contributed by atoms with van der Waals surface area (Å²) in [5, 5.41) is 12.2. The number of piperidine rings is 1. The second-order valence-corrected chi connectivity index (χ2v) is 27.9. The van der Waals surface area contributed by atoms with E-state index in [0.717, 1.165) is 120 Å². The van der Waals surface area contributed by atoms with Crippen LogP contribution in [0.15, 0.2) is 73.4 Å². The van der Waals surface area contributed by atoms with Crippen molar-refractivity contribution in [3.8, 4) is 22.5 Å². The Morgan fingerprint density at radius 2 is 1.72 bits per heavy atom. The summed E-state index contributed by atoms with van der Waals surface area (Å²) in [5.41, 5.74) is 11.0. The molecular weight excluding hydrogens is 1050 g/mol. The third kappa shape index (κ3) is 13.4. The highest BCUT2D eigenvalue weighted by atomic mass is 32.1. The van der Waals surface area contributed by atoms with Crippen LogP contribution in [-0.2, 0) is 24.2 Å². The summed E-state index contributed by atoms with van der Waals surface area (Å²) in [6.45, 7) is 30.2. The van der Waals surface area contributed by atoms with Crippen molar-refractivity contribution >= 4 is 33.8 Å². The number of fused-ring (bicyclic) bond motifs is 1. The fraction of sp³-hybridized carbons (Fsp3) is 0.652. The number of pyridine rings is 1. The zero-order valence-corrected chi connectivity index (χ0v) is 50.8. The molecule has 8 heterocycles. The molecule has 16 heteroatoms. The van der Waals surface area contributed by atoms with Crippen molar-refractivity contribution in [3.05, 3.63) is 89.7 Å². The number of hydrogen-bond donors (Lipinski definition) is 3. The Morgan fingerprint density at radius 3 is 2.38 bits per heavy atom. The number of allylic oxidation sites excluding steroid dienone is 1. The third-order valence-electron chi connectivity index (χ3n) is 19.7. The van der Waals surface area contributed by atoms with Crippen molar-refractivity contribution in [3.63, 3.8) is 0 Å². The van der Waals surface area contributed by atoms with Gasteiger partial charge in [-0.15, -0.1) is 24.5 Å². The summed E-state index contributed by atoms with van der Waals surface area (Å²) in [4.78, 5) is 33.6. The number of thiazole rings is 1. The zero-order chi connectivity index (χ0) is 57.5. The van der Waals surface area contributed by atoms with Gasteiger partial charge >= 0.3 is 6.18 Å². The fourth-order valence-electron chi connectivity index (χ4n) is 14.8. The molecule has 5 saturated heterocycles. The largest absolute Gasteiger partial charge is 0.406 e. The number of aromatic nitrogens is 3. The second-order valence-electron chi connectivity index (χ2n) is 26.9. The summed E-state index contributed by atoms with van der Waals surface area (Å²) in [7, 11) is 1.79. The lowest BCUT2D eigenvalue weighted by Crippen LogP contribution is -2.64. The van der Waals surface area contributed by atoms with Gasteiger partial charge in [0.15, 0.2) is 0 Å². The van der Waals surface area contributed by atoms with Gasteiger partial charge < -0.3 is 25.0 Å². The van der Waals surface area contributed by atoms with Crippen LogP contribution in [0.4, 0.5) is 18.9 Å². The molecular formula is C66H94F3N11OS. The topological polar surface area (TPSA) is 110 Å². The summed E-state index contributed by atoms with van der Waals surface area (Å²) in [6, 6.07) is 10.1. The molecule has 4 atom stereocenters. The first kappa shape index (κ1) is 59.2. The predicted octanol–water partition coefficient (Wildman–Crippen LogP) is 12.0. The Labute approximate surface area is 491 Å². The van der Waals surface area contributed by atoms with Crippen LogP contribution in [0.5, 0.6) is 0 Å². The van der Waals surface area contributed by atoms with Gasteiger partial charge in [-0.2, -0.15) is 13.2 Å². The third-order valence-corrected chi connectivity index (χ3v) is 20.6. The van der Waals surface area contributed by atoms with Gasteiger partial charge in [0.2, 0.25) is 0 Å². The van der Waals surface area contributed by atoms with Crippen molar-refractivity contribution in [1.29, 1.82) is 0 Å². The number of rotatable bonds is 21. The SMILES string of the molecule is C=CC(C1CCCC1)N1CCCC2(CN(C(=C)C3NC3C3CC3)C2)C1.C=CCCC(C)(C)Cc1c(-c2cc(N3CCN(C4CC4)CC3)cnc2C(C)C)n(CC(F)(F)F)c2ccc(-c3csc(CC(NC)C(=O)N4CCCCN4)n3)cc12. The number of likely N-dealkylation sites (tertiary alicyclic amines) is 2. The molecule has 1 amide bonds. The molecule has 0 radical (unpaired) electrons. The van der Waals surface area contributed by atoms with E-state index in [2.05, 4.69) is 95.2 Å². The Kier molecular flexibility index (Phi) is 17.9. The zero-order valence-electron chi connectivity index (χ0n) is 50.0. The van der Waals surface area contributed by atoms with E-state index in [-0.39, 0.29) is 17.2 Å². The van der Waals surface area contributed by atoms with Crippen LogP contribution in [0.3, 0.4) is 0 Å². The summed E-state index contributed by atoms with van der Waals surface area (Å²) in [6.07, 6.45) is 20.2. The number of likely N-dealkylation sites (N-methyl/N-ethyl adjacent to an activating group) is 1. The van der Waals surface area contributed by atoms with Gasteiger partial charge in [0.1, 0.15) is 6.54 Å². The van der Waals surface area contributed by atoms with Crippen LogP contribution in [0, 0.1) is 22.7 Å². The molecule has 3 aliphatic carbocycles. The highest BCUT2D eigenvalue weighted by molar-refractivity contribution is 7.10. The number of amides is 1. The maximum absolute atomic E-state index is 14.8. The van der Waals surface area contributed by atoms with Crippen molar-refractivity contribution in [1.82, 2.24) is 50.3 Å². The molecule has 0 bridgehead atoms. The summed E-state index contributed by atoms with van der Waals surface area (Å²) in [5.74, 6) is 1.82. The Hall–Kier alpha value is -4.58. The molecule has 3 N–H and O–H groups in total. The molecule has 1 spiro atoms. The number of carbonyl (C=O) groups excluding carboxylic acids is 1. The summed E-state index contributed by atoms with van der Waals surface area (Å²) < 4.78 is 45.8. The van der Waals surface area contributed by atoms with Crippen LogP contribution in [0.25, 0.3) is 33.4 Å². The number of nitrogens with one attached hydrogen (secondary N) is 3. The van der Waals surface area contributed by atoms with E-state index >= 15 is 0 Å². The van der Waals surface area contributed by atoms with Gasteiger partial charge in [0.05, 0.1) is 46.1 Å². The number of hydrazine groups is 1. The van der Waals surface area contributed by atoms with Crippen LogP contribution >= 0.6 is 11.3 Å². The quantitative estimate of drug-likeness (QED) is 0.0551. The van der Waals surface area contributed by atoms with Crippen molar-refractivity contribution in [2.75, 3.05) is 77.4 Å². The van der Waals surface area contributed by atoms with Gasteiger partial charge in [-0.05, 0) is 144 Å². The average molecular weight is 1150 g/mol. The summed E-state index contributed by atoms with van der Waals surface area (Å²) >= 11 is 1.50. The van der Waals surface area contributed by atoms with Gasteiger partial charge in [-0.3, -0.25) is 24.6 Å². The Balaban J connectivity index is 0.000000232. The average Bonchev–Trinajstić information content (AvgIpc) is 4.60. The second kappa shape index (κ2) is 24.8. The normalized spacial score (nSPS) is 23.5. The molecule has 8 fully saturated rings. The number of halogens is 3. The van der Waals surface area contributed by atoms with E-state index in [1.54, 1.807) is 12.1 Å². The van der Waals surface area contributed by atoms with E-state index in [9.17, 15) is 18.0 Å². The minimum absolute atomic E-state index is 0.00235. The van der Waals surface area contributed by atoms with Crippen LogP contribution in [0.2, 0.25) is 0 Å². The minimum atomic E-state index is -4.45. The van der Waals surface area contributed by atoms with Crippen LogP contribution in [-0.4, -0.2) is 149 Å². The standard InChI is InChI=1S/C44H59F3N8OS.C22H35N3/c1-7-8-15-43(4,5)25-35-33-22-30(37-27-57-39(51-37)24-36(48-6)42(56)55-17-10-9-16-50-55)11-14-38(33)54(28-44(45,46)47)41(35)34-23-32(26-49-40(34)29(2)3)53-20-18-52(19-21-53)31-12-13-31;1-3-19(17-7-4-5-8-17)24-12-6-11-22(13-24)14-25(15-22)16(2)20-21(23-20)18-9-10-18/h7,11,14,22-23,26-27,29,31,36,48,50H,1,8-10,12-13,15-21,24-25,28H2,2-6H3;3,17-21,23H,1-2,4-15H2. The number of piperazine rings is 1. The number of nitrogens with zero attached hydrogens (tertiary/aromatic N) is 8. The minimum Gasteiger partial charge on any atom is -0.373 e. The molecule has 12 rings (SSSR count). The van der Waals surface area contributed by atoms with Gasteiger partial charge in [0.25, 0.3) is 5.91 Å². The molecule has 8 aliphatic rings. The lowest BCUT2D eigenvalue weighted by Gasteiger charge is -2.57. The number of hydrogen-bond acceptors (Lipinski definition) is 11. The number of carbonyl (C=O) groups is 1. The highest BCUT2D eigenvalue weighted by Crippen LogP contribution is 2.48. The van der Waals surface area contributed by atoms with Crippen LogP contribution < -0.4 is 21.0 Å². The number of anilines is 1. The van der Waals surface area contributed by atoms with E-state index in [0.29, 0.717) is 54.1 Å². The van der Waals surface area contributed by atoms with E-state index in [1.165, 1.54) is 112 Å². The smallest absolute Gasteiger partial charge is 0.373 e. The maximum Gasteiger partial charge on any atom is 0.406 e. The van der Waals surface area contributed by atoms with Crippen molar-refractivity contribution < 1.29 is 18.0 Å². The lowest BCUT2D eigenvalue weighted by atomic mass is 9.72.